The number of carbonyl (C=O) groups is 1. The summed E-state index contributed by atoms with van der Waals surface area (Å²) < 4.78 is 11.3. The molecule has 4 N–H and O–H groups in total. The maximum atomic E-state index is 11.3. The van der Waals surface area contributed by atoms with E-state index < -0.39 is 19.2 Å². The molecule has 1 aromatic carbocycles. The molecule has 0 heterocycles. The minimum atomic E-state index is -4.16. The van der Waals surface area contributed by atoms with E-state index in [2.05, 4.69) is 5.32 Å². The van der Waals surface area contributed by atoms with E-state index in [4.69, 9.17) is 5.11 Å². The van der Waals surface area contributed by atoms with E-state index in [0.29, 0.717) is 17.7 Å². The molecule has 18 heavy (non-hydrogen) atoms. The third kappa shape index (κ3) is 4.14. The monoisotopic (exact) mass is 273 g/mol. The first kappa shape index (κ1) is 14.7. The number of rotatable bonds is 6. The van der Waals surface area contributed by atoms with Gasteiger partial charge in [0.15, 0.2) is 0 Å². The third-order valence-electron chi connectivity index (χ3n) is 2.53. The summed E-state index contributed by atoms with van der Waals surface area (Å²) >= 11 is 0. The Balaban J connectivity index is 2.81. The first-order valence-corrected chi connectivity index (χ1v) is 7.13. The van der Waals surface area contributed by atoms with Gasteiger partial charge < -0.3 is 20.2 Å². The molecule has 0 aliphatic heterocycles. The lowest BCUT2D eigenvalue weighted by atomic mass is 10.1. The lowest BCUT2D eigenvalue weighted by Gasteiger charge is -2.17. The Kier molecular flexibility index (Phi) is 4.90. The maximum Gasteiger partial charge on any atom is 0.332 e. The van der Waals surface area contributed by atoms with Crippen molar-refractivity contribution in [3.05, 3.63) is 29.8 Å². The van der Waals surface area contributed by atoms with Crippen molar-refractivity contribution in [1.82, 2.24) is 0 Å². The average Bonchev–Trinajstić information content (AvgIpc) is 2.27. The van der Waals surface area contributed by atoms with E-state index >= 15 is 0 Å². The molecule has 1 rings (SSSR count). The van der Waals surface area contributed by atoms with Crippen LogP contribution in [0.5, 0.6) is 0 Å². The SMILES string of the molecule is CCC(c1ccc(NCC(=O)O)cc1)P(=O)(O)O. The molecule has 7 heteroatoms. The second kappa shape index (κ2) is 6.00. The van der Waals surface area contributed by atoms with Crippen LogP contribution in [0.3, 0.4) is 0 Å². The zero-order chi connectivity index (χ0) is 13.8. The van der Waals surface area contributed by atoms with Gasteiger partial charge in [-0.15, -0.1) is 0 Å². The van der Waals surface area contributed by atoms with Crippen LogP contribution in [-0.2, 0) is 9.36 Å². The number of carboxylic acids is 1. The minimum Gasteiger partial charge on any atom is -0.480 e. The molecular weight excluding hydrogens is 257 g/mol. The van der Waals surface area contributed by atoms with Gasteiger partial charge in [0.2, 0.25) is 0 Å². The smallest absolute Gasteiger partial charge is 0.332 e. The lowest BCUT2D eigenvalue weighted by molar-refractivity contribution is -0.134. The van der Waals surface area contributed by atoms with Gasteiger partial charge in [0.1, 0.15) is 6.54 Å². The van der Waals surface area contributed by atoms with Crippen LogP contribution in [0.25, 0.3) is 0 Å². The fourth-order valence-corrected chi connectivity index (χ4v) is 2.70. The lowest BCUT2D eigenvalue weighted by Crippen LogP contribution is -2.12. The Morgan fingerprint density at radius 1 is 1.33 bits per heavy atom. The van der Waals surface area contributed by atoms with E-state index in [0.717, 1.165) is 0 Å². The van der Waals surface area contributed by atoms with Gasteiger partial charge in [-0.05, 0) is 24.1 Å². The summed E-state index contributed by atoms with van der Waals surface area (Å²) in [6, 6.07) is 6.40. The standard InChI is InChI=1S/C11H16NO5P/c1-2-10(18(15,16)17)8-3-5-9(6-4-8)12-7-11(13)14/h3-6,10,12H,2,7H2,1H3,(H,13,14)(H2,15,16,17). The normalized spacial score (nSPS) is 13.1. The Hall–Kier alpha value is -1.36. The van der Waals surface area contributed by atoms with E-state index in [1.54, 1.807) is 31.2 Å². The van der Waals surface area contributed by atoms with Crippen molar-refractivity contribution in [3.8, 4) is 0 Å². The van der Waals surface area contributed by atoms with E-state index in [1.165, 1.54) is 0 Å². The van der Waals surface area contributed by atoms with Crippen LogP contribution in [-0.4, -0.2) is 27.4 Å². The average molecular weight is 273 g/mol. The predicted octanol–water partition coefficient (Wildman–Crippen LogP) is 1.81. The van der Waals surface area contributed by atoms with Crippen LogP contribution in [0.2, 0.25) is 0 Å². The molecule has 0 aromatic heterocycles. The fourth-order valence-electron chi connectivity index (χ4n) is 1.67. The second-order valence-electron chi connectivity index (χ2n) is 3.88. The topological polar surface area (TPSA) is 107 Å². The van der Waals surface area contributed by atoms with Gasteiger partial charge in [0, 0.05) is 5.69 Å². The van der Waals surface area contributed by atoms with Crippen molar-refractivity contribution in [2.75, 3.05) is 11.9 Å². The Bertz CT molecular complexity index is 453. The van der Waals surface area contributed by atoms with E-state index in [1.807, 2.05) is 0 Å². The number of benzene rings is 1. The number of hydrogen-bond acceptors (Lipinski definition) is 3. The molecule has 6 nitrogen and oxygen atoms in total. The van der Waals surface area contributed by atoms with Gasteiger partial charge in [-0.25, -0.2) is 0 Å². The highest BCUT2D eigenvalue weighted by Crippen LogP contribution is 2.53. The van der Waals surface area contributed by atoms with E-state index in [9.17, 15) is 19.1 Å². The van der Waals surface area contributed by atoms with Gasteiger partial charge in [0.25, 0.3) is 0 Å². The molecule has 0 saturated carbocycles. The van der Waals surface area contributed by atoms with Crippen LogP contribution >= 0.6 is 7.60 Å². The van der Waals surface area contributed by atoms with Gasteiger partial charge in [-0.1, -0.05) is 19.1 Å². The molecule has 0 spiro atoms. The predicted molar refractivity (Wildman–Crippen MR) is 67.6 cm³/mol. The number of anilines is 1. The van der Waals surface area contributed by atoms with Crippen molar-refractivity contribution >= 4 is 19.3 Å². The molecule has 1 atom stereocenters. The fraction of sp³-hybridized carbons (Fsp3) is 0.364. The quantitative estimate of drug-likeness (QED) is 0.589. The molecule has 1 unspecified atom stereocenters. The van der Waals surface area contributed by atoms with Gasteiger partial charge in [-0.3, -0.25) is 9.36 Å². The first-order valence-electron chi connectivity index (χ1n) is 5.45. The summed E-state index contributed by atoms with van der Waals surface area (Å²) in [5.41, 5.74) is 0.333. The van der Waals surface area contributed by atoms with Gasteiger partial charge >= 0.3 is 13.6 Å². The third-order valence-corrected chi connectivity index (χ3v) is 4.01. The largest absolute Gasteiger partial charge is 0.480 e. The number of carboxylic acid groups (broad SMARTS) is 1. The van der Waals surface area contributed by atoms with Crippen LogP contribution in [0.4, 0.5) is 5.69 Å². The summed E-state index contributed by atoms with van der Waals surface area (Å²) in [5, 5.41) is 11.2. The Morgan fingerprint density at radius 2 is 1.89 bits per heavy atom. The first-order chi connectivity index (χ1) is 8.34. The van der Waals surface area contributed by atoms with Crippen LogP contribution in [0, 0.1) is 0 Å². The van der Waals surface area contributed by atoms with Crippen molar-refractivity contribution in [1.29, 1.82) is 0 Å². The molecule has 1 aromatic rings. The summed E-state index contributed by atoms with van der Waals surface area (Å²) in [6.45, 7) is 1.51. The number of nitrogens with one attached hydrogen (secondary N) is 1. The zero-order valence-electron chi connectivity index (χ0n) is 9.91. The number of aliphatic carboxylic acids is 1. The van der Waals surface area contributed by atoms with Crippen molar-refractivity contribution in [2.24, 2.45) is 0 Å². The summed E-state index contributed by atoms with van der Waals surface area (Å²) in [4.78, 5) is 28.7. The molecule has 0 fully saturated rings. The molecule has 0 aliphatic carbocycles. The van der Waals surface area contributed by atoms with Crippen LogP contribution < -0.4 is 5.32 Å². The van der Waals surface area contributed by atoms with Crippen LogP contribution in [0.1, 0.15) is 24.6 Å². The van der Waals surface area contributed by atoms with Gasteiger partial charge in [-0.2, -0.15) is 0 Å². The summed E-state index contributed by atoms with van der Waals surface area (Å²) in [6.07, 6.45) is 0.339. The number of hydrogen-bond donors (Lipinski definition) is 4. The Labute approximate surface area is 105 Å². The van der Waals surface area contributed by atoms with Gasteiger partial charge in [0.05, 0.1) is 5.66 Å². The molecule has 0 saturated heterocycles. The second-order valence-corrected chi connectivity index (χ2v) is 5.68. The molecule has 0 amide bonds. The highest BCUT2D eigenvalue weighted by Gasteiger charge is 2.28. The van der Waals surface area contributed by atoms with Crippen molar-refractivity contribution < 1.29 is 24.3 Å². The van der Waals surface area contributed by atoms with E-state index in [-0.39, 0.29) is 6.54 Å². The minimum absolute atomic E-state index is 0.199. The molecule has 0 bridgehead atoms. The van der Waals surface area contributed by atoms with Crippen molar-refractivity contribution in [3.63, 3.8) is 0 Å². The van der Waals surface area contributed by atoms with Crippen LogP contribution in [0.15, 0.2) is 24.3 Å². The molecular formula is C11H16NO5P. The molecule has 0 aliphatic rings. The highest BCUT2D eigenvalue weighted by molar-refractivity contribution is 7.52. The highest BCUT2D eigenvalue weighted by atomic mass is 31.2. The van der Waals surface area contributed by atoms with Crippen molar-refractivity contribution in [2.45, 2.75) is 19.0 Å². The summed E-state index contributed by atoms with van der Waals surface area (Å²) in [7, 11) is -4.16. The Morgan fingerprint density at radius 3 is 2.28 bits per heavy atom. The zero-order valence-corrected chi connectivity index (χ0v) is 10.8. The molecule has 100 valence electrons. The maximum absolute atomic E-state index is 11.3. The summed E-state index contributed by atoms with van der Waals surface area (Å²) in [5.74, 6) is -0.972. The molecule has 0 radical (unpaired) electrons.